The fraction of sp³-hybridized carbons (Fsp3) is 0.444. The first kappa shape index (κ1) is 16.0. The van der Waals surface area contributed by atoms with Crippen LogP contribution in [0.2, 0.25) is 0 Å². The number of nitrogens with zero attached hydrogens (tertiary/aromatic N) is 4. The van der Waals surface area contributed by atoms with E-state index in [9.17, 15) is 10.1 Å². The smallest absolute Gasteiger partial charge is 0.269 e. The summed E-state index contributed by atoms with van der Waals surface area (Å²) in [5.74, 6) is 2.41. The molecule has 1 N–H and O–H groups in total. The molecule has 1 aromatic heterocycles. The Morgan fingerprint density at radius 1 is 1.28 bits per heavy atom. The van der Waals surface area contributed by atoms with E-state index in [1.54, 1.807) is 12.1 Å². The van der Waals surface area contributed by atoms with Crippen LogP contribution in [0.3, 0.4) is 0 Å². The van der Waals surface area contributed by atoms with Crippen molar-refractivity contribution < 1.29 is 4.92 Å². The number of hydrogen-bond acceptors (Lipinski definition) is 6. The second kappa shape index (κ2) is 6.76. The zero-order chi connectivity index (χ0) is 17.2. The Labute approximate surface area is 146 Å². The molecule has 2 aromatic rings. The number of nitro benzene ring substituents is 1. The lowest BCUT2D eigenvalue weighted by atomic mass is 10.2. The zero-order valence-electron chi connectivity index (χ0n) is 14.0. The summed E-state index contributed by atoms with van der Waals surface area (Å²) in [6.45, 7) is 2.61. The maximum absolute atomic E-state index is 10.9. The van der Waals surface area contributed by atoms with E-state index in [-0.39, 0.29) is 10.6 Å². The van der Waals surface area contributed by atoms with Gasteiger partial charge in [0.1, 0.15) is 11.6 Å². The molecule has 2 aliphatic rings. The summed E-state index contributed by atoms with van der Waals surface area (Å²) in [7, 11) is 0. The van der Waals surface area contributed by atoms with E-state index >= 15 is 0 Å². The van der Waals surface area contributed by atoms with Gasteiger partial charge in [-0.2, -0.15) is 0 Å². The van der Waals surface area contributed by atoms with Crippen LogP contribution in [0.4, 0.5) is 11.5 Å². The van der Waals surface area contributed by atoms with E-state index in [2.05, 4.69) is 20.2 Å². The number of likely N-dealkylation sites (tertiary alicyclic amines) is 1. The van der Waals surface area contributed by atoms with Crippen molar-refractivity contribution >= 4 is 11.5 Å². The van der Waals surface area contributed by atoms with Crippen molar-refractivity contribution in [2.75, 3.05) is 18.4 Å². The lowest BCUT2D eigenvalue weighted by molar-refractivity contribution is -0.384. The normalized spacial score (nSPS) is 20.6. The summed E-state index contributed by atoms with van der Waals surface area (Å²) in [5.41, 5.74) is 1.13. The van der Waals surface area contributed by atoms with Gasteiger partial charge in [0, 0.05) is 49.9 Å². The van der Waals surface area contributed by atoms with E-state index in [0.717, 1.165) is 43.3 Å². The Kier molecular flexibility index (Phi) is 4.31. The molecule has 2 heterocycles. The lowest BCUT2D eigenvalue weighted by Gasteiger charge is -2.17. The minimum absolute atomic E-state index is 0.153. The Balaban J connectivity index is 1.34. The van der Waals surface area contributed by atoms with E-state index in [1.165, 1.54) is 18.9 Å². The molecule has 0 radical (unpaired) electrons. The average Bonchev–Trinajstić information content (AvgIpc) is 3.38. The van der Waals surface area contributed by atoms with Crippen LogP contribution in [0.15, 0.2) is 36.5 Å². The number of nitro groups is 1. The number of hydrogen-bond donors (Lipinski definition) is 1. The first-order valence-corrected chi connectivity index (χ1v) is 8.72. The molecule has 130 valence electrons. The van der Waals surface area contributed by atoms with Crippen molar-refractivity contribution in [1.29, 1.82) is 0 Å². The largest absolute Gasteiger partial charge is 0.366 e. The molecule has 1 atom stereocenters. The number of nitrogens with one attached hydrogen (secondary N) is 1. The minimum atomic E-state index is -0.343. The Morgan fingerprint density at radius 2 is 2.16 bits per heavy atom. The standard InChI is InChI=1S/C18H21N5O2/c24-23(25)16-3-1-2-13(10-16)11-22-9-7-15(12-22)20-17-6-8-19-18(21-17)14-4-5-14/h1-3,6,8,10,14-15H,4-5,7,9,11-12H2,(H,19,20,21). The van der Waals surface area contributed by atoms with Crippen LogP contribution in [0.25, 0.3) is 0 Å². The molecule has 0 spiro atoms. The second-order valence-electron chi connectivity index (χ2n) is 6.87. The van der Waals surface area contributed by atoms with Gasteiger partial charge in [-0.05, 0) is 30.9 Å². The summed E-state index contributed by atoms with van der Waals surface area (Å²) in [6.07, 6.45) is 5.27. The van der Waals surface area contributed by atoms with Gasteiger partial charge in [0.05, 0.1) is 4.92 Å². The Hall–Kier alpha value is -2.54. The quantitative estimate of drug-likeness (QED) is 0.643. The first-order valence-electron chi connectivity index (χ1n) is 8.72. The molecular formula is C18H21N5O2. The van der Waals surface area contributed by atoms with E-state index < -0.39 is 0 Å². The molecule has 7 heteroatoms. The second-order valence-corrected chi connectivity index (χ2v) is 6.87. The molecule has 1 saturated carbocycles. The van der Waals surface area contributed by atoms with Crippen molar-refractivity contribution in [2.45, 2.75) is 37.8 Å². The van der Waals surface area contributed by atoms with Crippen LogP contribution < -0.4 is 5.32 Å². The molecule has 1 saturated heterocycles. The molecule has 0 bridgehead atoms. The van der Waals surface area contributed by atoms with Crippen molar-refractivity contribution in [3.05, 3.63) is 58.0 Å². The van der Waals surface area contributed by atoms with E-state index in [0.29, 0.717) is 12.0 Å². The zero-order valence-corrected chi connectivity index (χ0v) is 14.0. The number of aromatic nitrogens is 2. The predicted octanol–water partition coefficient (Wildman–Crippen LogP) is 2.95. The molecule has 1 aliphatic heterocycles. The molecule has 7 nitrogen and oxygen atoms in total. The molecule has 2 fully saturated rings. The van der Waals surface area contributed by atoms with E-state index in [1.807, 2.05) is 18.3 Å². The van der Waals surface area contributed by atoms with Gasteiger partial charge >= 0.3 is 0 Å². The summed E-state index contributed by atoms with van der Waals surface area (Å²) < 4.78 is 0. The van der Waals surface area contributed by atoms with Gasteiger partial charge in [0.15, 0.2) is 0 Å². The van der Waals surface area contributed by atoms with Crippen molar-refractivity contribution in [3.8, 4) is 0 Å². The summed E-state index contributed by atoms with van der Waals surface area (Å²) in [5, 5.41) is 14.4. The monoisotopic (exact) mass is 339 g/mol. The highest BCUT2D eigenvalue weighted by molar-refractivity contribution is 5.36. The van der Waals surface area contributed by atoms with Gasteiger partial charge in [-0.1, -0.05) is 12.1 Å². The van der Waals surface area contributed by atoms with Crippen molar-refractivity contribution in [2.24, 2.45) is 0 Å². The maximum Gasteiger partial charge on any atom is 0.269 e. The minimum Gasteiger partial charge on any atom is -0.366 e. The highest BCUT2D eigenvalue weighted by Crippen LogP contribution is 2.38. The highest BCUT2D eigenvalue weighted by atomic mass is 16.6. The fourth-order valence-corrected chi connectivity index (χ4v) is 3.32. The molecule has 25 heavy (non-hydrogen) atoms. The van der Waals surface area contributed by atoms with Gasteiger partial charge in [-0.15, -0.1) is 0 Å². The lowest BCUT2D eigenvalue weighted by Crippen LogP contribution is -2.26. The number of rotatable bonds is 6. The third-order valence-corrected chi connectivity index (χ3v) is 4.77. The van der Waals surface area contributed by atoms with Crippen LogP contribution in [0.5, 0.6) is 0 Å². The topological polar surface area (TPSA) is 84.2 Å². The number of benzene rings is 1. The van der Waals surface area contributed by atoms with Crippen LogP contribution in [-0.2, 0) is 6.54 Å². The predicted molar refractivity (Wildman–Crippen MR) is 94.4 cm³/mol. The van der Waals surface area contributed by atoms with Gasteiger partial charge in [-0.25, -0.2) is 9.97 Å². The van der Waals surface area contributed by atoms with Crippen LogP contribution in [-0.4, -0.2) is 38.9 Å². The average molecular weight is 339 g/mol. The summed E-state index contributed by atoms with van der Waals surface area (Å²) >= 11 is 0. The van der Waals surface area contributed by atoms with Crippen molar-refractivity contribution in [1.82, 2.24) is 14.9 Å². The summed E-state index contributed by atoms with van der Waals surface area (Å²) in [4.78, 5) is 21.8. The van der Waals surface area contributed by atoms with Crippen LogP contribution >= 0.6 is 0 Å². The molecule has 4 rings (SSSR count). The third-order valence-electron chi connectivity index (χ3n) is 4.77. The first-order chi connectivity index (χ1) is 12.2. The van der Waals surface area contributed by atoms with Gasteiger partial charge in [-0.3, -0.25) is 15.0 Å². The maximum atomic E-state index is 10.9. The molecule has 1 unspecified atom stereocenters. The van der Waals surface area contributed by atoms with E-state index in [4.69, 9.17) is 0 Å². The Bertz CT molecular complexity index is 778. The Morgan fingerprint density at radius 3 is 2.96 bits per heavy atom. The SMILES string of the molecule is O=[N+]([O-])c1cccc(CN2CCC(Nc3ccnc(C4CC4)n3)C2)c1. The molecule has 1 aliphatic carbocycles. The number of anilines is 1. The van der Waals surface area contributed by atoms with Gasteiger partial charge in [0.25, 0.3) is 5.69 Å². The van der Waals surface area contributed by atoms with Crippen LogP contribution in [0, 0.1) is 10.1 Å². The third kappa shape index (κ3) is 3.93. The molecule has 0 amide bonds. The van der Waals surface area contributed by atoms with Crippen LogP contribution in [0.1, 0.15) is 36.6 Å². The number of non-ortho nitro benzene ring substituents is 1. The van der Waals surface area contributed by atoms with Gasteiger partial charge < -0.3 is 5.32 Å². The molecule has 1 aromatic carbocycles. The highest BCUT2D eigenvalue weighted by Gasteiger charge is 2.27. The van der Waals surface area contributed by atoms with Gasteiger partial charge in [0.2, 0.25) is 0 Å². The summed E-state index contributed by atoms with van der Waals surface area (Å²) in [6, 6.07) is 9.16. The fourth-order valence-electron chi connectivity index (χ4n) is 3.32. The van der Waals surface area contributed by atoms with Crippen molar-refractivity contribution in [3.63, 3.8) is 0 Å². The molecular weight excluding hydrogens is 318 g/mol.